The molecule has 0 bridgehead atoms. The fourth-order valence-corrected chi connectivity index (χ4v) is 2.85. The lowest BCUT2D eigenvalue weighted by Crippen LogP contribution is -3.00. The van der Waals surface area contributed by atoms with Crippen LogP contribution in [-0.2, 0) is 6.54 Å². The Bertz CT molecular complexity index is 650. The monoisotopic (exact) mass is 350 g/mol. The maximum atomic E-state index is 5.42. The minimum absolute atomic E-state index is 0. The Morgan fingerprint density at radius 2 is 1.95 bits per heavy atom. The van der Waals surface area contributed by atoms with Crippen molar-refractivity contribution >= 4 is 22.2 Å². The van der Waals surface area contributed by atoms with Crippen molar-refractivity contribution in [2.24, 2.45) is 0 Å². The SMILES string of the molecule is Cc1csc(Nc2ccccc2)[n+]1Cc1ccco1.[Br-]. The molecule has 0 radical (unpaired) electrons. The molecule has 20 heavy (non-hydrogen) atoms. The average Bonchev–Trinajstić information content (AvgIpc) is 3.05. The highest BCUT2D eigenvalue weighted by molar-refractivity contribution is 7.13. The Morgan fingerprint density at radius 3 is 2.65 bits per heavy atom. The lowest BCUT2D eigenvalue weighted by atomic mass is 10.3. The first kappa shape index (κ1) is 14.8. The van der Waals surface area contributed by atoms with E-state index in [1.54, 1.807) is 17.6 Å². The predicted octanol–water partition coefficient (Wildman–Crippen LogP) is 0.733. The number of aryl methyl sites for hydroxylation is 1. The largest absolute Gasteiger partial charge is 1.00 e. The zero-order valence-corrected chi connectivity index (χ0v) is 13.4. The summed E-state index contributed by atoms with van der Waals surface area (Å²) in [5, 5.41) is 6.70. The van der Waals surface area contributed by atoms with Gasteiger partial charge < -0.3 is 21.4 Å². The molecule has 3 aromatic rings. The molecule has 0 atom stereocenters. The van der Waals surface area contributed by atoms with Gasteiger partial charge >= 0.3 is 5.13 Å². The molecule has 0 saturated carbocycles. The summed E-state index contributed by atoms with van der Waals surface area (Å²) in [6.45, 7) is 2.85. The summed E-state index contributed by atoms with van der Waals surface area (Å²) in [5.74, 6) is 0.961. The minimum atomic E-state index is 0. The highest BCUT2D eigenvalue weighted by atomic mass is 79.9. The lowest BCUT2D eigenvalue weighted by molar-refractivity contribution is -0.677. The van der Waals surface area contributed by atoms with E-state index < -0.39 is 0 Å². The van der Waals surface area contributed by atoms with Crippen LogP contribution in [0.1, 0.15) is 11.5 Å². The van der Waals surface area contributed by atoms with Gasteiger partial charge in [0.2, 0.25) is 0 Å². The number of para-hydroxylation sites is 1. The van der Waals surface area contributed by atoms with Crippen molar-refractivity contribution in [1.82, 2.24) is 0 Å². The predicted molar refractivity (Wildman–Crippen MR) is 76.8 cm³/mol. The third kappa shape index (κ3) is 3.29. The number of nitrogens with zero attached hydrogens (tertiary/aromatic N) is 1. The maximum absolute atomic E-state index is 5.42. The summed E-state index contributed by atoms with van der Waals surface area (Å²) < 4.78 is 7.64. The van der Waals surface area contributed by atoms with Crippen molar-refractivity contribution in [2.75, 3.05) is 5.32 Å². The van der Waals surface area contributed by atoms with Crippen LogP contribution < -0.4 is 26.9 Å². The molecular weight excluding hydrogens is 336 g/mol. The Hall–Kier alpha value is -1.59. The van der Waals surface area contributed by atoms with Crippen LogP contribution in [0.15, 0.2) is 58.5 Å². The number of hydrogen-bond donors (Lipinski definition) is 1. The molecule has 0 fully saturated rings. The summed E-state index contributed by atoms with van der Waals surface area (Å²) in [6, 6.07) is 14.1. The van der Waals surface area contributed by atoms with Gasteiger partial charge in [0.1, 0.15) is 23.7 Å². The Balaban J connectivity index is 0.00000147. The van der Waals surface area contributed by atoms with Gasteiger partial charge in [0.15, 0.2) is 0 Å². The molecule has 1 aromatic carbocycles. The molecule has 2 heterocycles. The van der Waals surface area contributed by atoms with Gasteiger partial charge in [-0.05, 0) is 31.2 Å². The van der Waals surface area contributed by atoms with E-state index >= 15 is 0 Å². The topological polar surface area (TPSA) is 29.1 Å². The van der Waals surface area contributed by atoms with Gasteiger partial charge in [-0.15, -0.1) is 0 Å². The second kappa shape index (κ2) is 6.72. The normalized spacial score (nSPS) is 10.1. The van der Waals surface area contributed by atoms with E-state index in [-0.39, 0.29) is 17.0 Å². The van der Waals surface area contributed by atoms with Gasteiger partial charge in [-0.3, -0.25) is 0 Å². The number of furan rings is 1. The second-order valence-corrected chi connectivity index (χ2v) is 5.20. The van der Waals surface area contributed by atoms with Gasteiger partial charge in [-0.1, -0.05) is 29.5 Å². The van der Waals surface area contributed by atoms with E-state index in [2.05, 4.69) is 34.3 Å². The first-order chi connectivity index (χ1) is 9.33. The fraction of sp³-hybridized carbons (Fsp3) is 0.133. The lowest BCUT2D eigenvalue weighted by Gasteiger charge is -2.02. The molecule has 3 rings (SSSR count). The van der Waals surface area contributed by atoms with Crippen molar-refractivity contribution in [3.05, 3.63) is 65.6 Å². The summed E-state index contributed by atoms with van der Waals surface area (Å²) in [4.78, 5) is 0. The Morgan fingerprint density at radius 1 is 1.15 bits per heavy atom. The number of nitrogens with one attached hydrogen (secondary N) is 1. The van der Waals surface area contributed by atoms with E-state index in [9.17, 15) is 0 Å². The molecule has 0 aliphatic rings. The van der Waals surface area contributed by atoms with Gasteiger partial charge in [-0.25, -0.2) is 9.88 Å². The first-order valence-electron chi connectivity index (χ1n) is 6.15. The highest BCUT2D eigenvalue weighted by Crippen LogP contribution is 2.19. The van der Waals surface area contributed by atoms with Crippen molar-refractivity contribution in [2.45, 2.75) is 13.5 Å². The third-order valence-corrected chi connectivity index (χ3v) is 3.94. The van der Waals surface area contributed by atoms with Gasteiger partial charge in [0.05, 0.1) is 6.26 Å². The summed E-state index contributed by atoms with van der Waals surface area (Å²) >= 11 is 1.70. The number of rotatable bonds is 4. The van der Waals surface area contributed by atoms with Crippen molar-refractivity contribution in [3.8, 4) is 0 Å². The van der Waals surface area contributed by atoms with Gasteiger partial charge in [0.25, 0.3) is 0 Å². The Kier molecular flexibility index (Phi) is 4.98. The van der Waals surface area contributed by atoms with Gasteiger partial charge in [0, 0.05) is 5.38 Å². The maximum Gasteiger partial charge on any atom is 0.339 e. The molecule has 0 saturated heterocycles. The van der Waals surface area contributed by atoms with E-state index in [1.165, 1.54) is 5.69 Å². The number of thiazole rings is 1. The zero-order chi connectivity index (χ0) is 13.1. The van der Waals surface area contributed by atoms with Crippen LogP contribution in [0, 0.1) is 6.92 Å². The van der Waals surface area contributed by atoms with Crippen LogP contribution in [0.3, 0.4) is 0 Å². The molecule has 0 amide bonds. The van der Waals surface area contributed by atoms with E-state index in [4.69, 9.17) is 4.42 Å². The average molecular weight is 351 g/mol. The number of halogens is 1. The molecule has 3 nitrogen and oxygen atoms in total. The molecular formula is C15H15BrN2OS. The van der Waals surface area contributed by atoms with Crippen LogP contribution in [0.25, 0.3) is 0 Å². The number of hydrogen-bond acceptors (Lipinski definition) is 3. The molecule has 0 aliphatic carbocycles. The van der Waals surface area contributed by atoms with E-state index in [1.807, 2.05) is 30.3 Å². The second-order valence-electron chi connectivity index (χ2n) is 4.34. The summed E-state index contributed by atoms with van der Waals surface area (Å²) in [5.41, 5.74) is 2.32. The highest BCUT2D eigenvalue weighted by Gasteiger charge is 2.16. The molecule has 5 heteroatoms. The molecule has 104 valence electrons. The van der Waals surface area contributed by atoms with E-state index in [0.29, 0.717) is 0 Å². The zero-order valence-electron chi connectivity index (χ0n) is 11.0. The minimum Gasteiger partial charge on any atom is -1.00 e. The van der Waals surface area contributed by atoms with Crippen molar-refractivity contribution in [1.29, 1.82) is 0 Å². The van der Waals surface area contributed by atoms with Crippen LogP contribution in [-0.4, -0.2) is 0 Å². The van der Waals surface area contributed by atoms with Crippen LogP contribution >= 0.6 is 11.3 Å². The van der Waals surface area contributed by atoms with Crippen molar-refractivity contribution < 1.29 is 26.0 Å². The Labute approximate surface area is 132 Å². The number of aromatic nitrogens is 1. The summed E-state index contributed by atoms with van der Waals surface area (Å²) in [6.07, 6.45) is 1.71. The van der Waals surface area contributed by atoms with Crippen LogP contribution in [0.4, 0.5) is 10.8 Å². The van der Waals surface area contributed by atoms with Crippen molar-refractivity contribution in [3.63, 3.8) is 0 Å². The molecule has 0 spiro atoms. The standard InChI is InChI=1S/C15H14N2OS.BrH/c1-12-11-19-15(16-13-6-3-2-4-7-13)17(12)10-14-8-5-9-18-14;/h2-9,11H,10H2,1H3;1H. The smallest absolute Gasteiger partial charge is 0.339 e. The summed E-state index contributed by atoms with van der Waals surface area (Å²) in [7, 11) is 0. The van der Waals surface area contributed by atoms with E-state index in [0.717, 1.165) is 23.1 Å². The van der Waals surface area contributed by atoms with Crippen LogP contribution in [0.2, 0.25) is 0 Å². The third-order valence-electron chi connectivity index (χ3n) is 2.93. The number of benzene rings is 1. The molecule has 2 aromatic heterocycles. The fourth-order valence-electron chi connectivity index (χ4n) is 1.93. The van der Waals surface area contributed by atoms with Gasteiger partial charge in [-0.2, -0.15) is 0 Å². The quantitative estimate of drug-likeness (QED) is 0.703. The molecule has 1 N–H and O–H groups in total. The molecule has 0 unspecified atom stereocenters. The molecule has 0 aliphatic heterocycles. The first-order valence-corrected chi connectivity index (χ1v) is 7.03. The van der Waals surface area contributed by atoms with Crippen LogP contribution in [0.5, 0.6) is 0 Å². The number of anilines is 2.